The van der Waals surface area contributed by atoms with Crippen LogP contribution in [0.1, 0.15) is 118 Å². The molecule has 8 nitrogen and oxygen atoms in total. The van der Waals surface area contributed by atoms with Crippen molar-refractivity contribution in [3.8, 4) is 0 Å². The fourth-order valence-corrected chi connectivity index (χ4v) is 7.15. The van der Waals surface area contributed by atoms with Crippen LogP contribution in [0.3, 0.4) is 0 Å². The molecule has 0 fully saturated rings. The van der Waals surface area contributed by atoms with Crippen LogP contribution >= 0.6 is 0 Å². The topological polar surface area (TPSA) is 161 Å². The van der Waals surface area contributed by atoms with E-state index in [1.165, 1.54) is 12.1 Å². The van der Waals surface area contributed by atoms with Gasteiger partial charge in [-0.05, 0) is 99.2 Å². The number of carbonyl (C=O) groups is 4. The summed E-state index contributed by atoms with van der Waals surface area (Å²) in [5, 5.41) is 24.6. The summed E-state index contributed by atoms with van der Waals surface area (Å²) < 4.78 is 0. The summed E-state index contributed by atoms with van der Waals surface area (Å²) in [4.78, 5) is 51.1. The number of aromatic carboxylic acids is 2. The molecule has 0 atom stereocenters. The van der Waals surface area contributed by atoms with Gasteiger partial charge in [0.15, 0.2) is 0 Å². The van der Waals surface area contributed by atoms with Crippen LogP contribution in [0.4, 0.5) is 0 Å². The first-order valence-electron chi connectivity index (χ1n) is 14.4. The number of carboxylic acid groups (broad SMARTS) is 2. The third kappa shape index (κ3) is 3.96. The summed E-state index contributed by atoms with van der Waals surface area (Å²) in [5.74, 6) is -3.87. The Bertz CT molecular complexity index is 1930. The van der Waals surface area contributed by atoms with E-state index in [-0.39, 0.29) is 33.9 Å². The van der Waals surface area contributed by atoms with Crippen LogP contribution in [0.2, 0.25) is 0 Å². The Kier molecular flexibility index (Phi) is 7.27. The van der Waals surface area contributed by atoms with Gasteiger partial charge in [-0.3, -0.25) is 9.59 Å². The third-order valence-corrected chi connectivity index (χ3v) is 9.01. The monoisotopic (exact) mass is 566 g/mol. The van der Waals surface area contributed by atoms with Gasteiger partial charge < -0.3 is 21.7 Å². The van der Waals surface area contributed by atoms with E-state index in [1.54, 1.807) is 24.3 Å². The molecule has 5 rings (SSSR count). The highest BCUT2D eigenvalue weighted by Gasteiger charge is 2.33. The molecule has 2 amide bonds. The Balaban J connectivity index is 2.30. The molecule has 0 aromatic heterocycles. The summed E-state index contributed by atoms with van der Waals surface area (Å²) in [6.07, 6.45) is 2.94. The lowest BCUT2D eigenvalue weighted by atomic mass is 9.73. The smallest absolute Gasteiger partial charge is 0.336 e. The second-order valence-electron chi connectivity index (χ2n) is 10.9. The molecule has 0 aliphatic carbocycles. The van der Waals surface area contributed by atoms with Gasteiger partial charge in [-0.15, -0.1) is 0 Å². The van der Waals surface area contributed by atoms with Crippen LogP contribution in [0.15, 0.2) is 36.4 Å². The minimum Gasteiger partial charge on any atom is -0.478 e. The van der Waals surface area contributed by atoms with Crippen LogP contribution < -0.4 is 11.5 Å². The fourth-order valence-electron chi connectivity index (χ4n) is 7.15. The Morgan fingerprint density at radius 1 is 0.548 bits per heavy atom. The number of primary amides is 2. The molecule has 0 saturated carbocycles. The van der Waals surface area contributed by atoms with Crippen molar-refractivity contribution in [3.63, 3.8) is 0 Å². The van der Waals surface area contributed by atoms with Crippen LogP contribution in [0, 0.1) is 0 Å². The number of carboxylic acids is 2. The standard InChI is InChI=1S/C34H34N2O6/c1-5-15(6-2)23-24(16(7-3)8-4)30(32(36)38)29-20(31(35)37)12-9-18-17-10-13-21(33(39)40)26-22(34(41)42)14-11-19(25(17)26)28(23)27(18)29/h9-16H,5-8H2,1-4H3,(H2,35,37)(H2,36,38)(H,39,40)(H,41,42). The van der Waals surface area contributed by atoms with Crippen LogP contribution in [0.25, 0.3) is 43.1 Å². The number of rotatable bonds is 10. The molecule has 0 heterocycles. The molecule has 0 saturated heterocycles. The van der Waals surface area contributed by atoms with E-state index in [1.807, 2.05) is 13.8 Å². The SMILES string of the molecule is CCC(CC)c1c(C(N)=O)c2c(C(N)=O)ccc3c4ccc(C(=O)O)c5c(C(=O)O)ccc(c(c1C(CC)CC)c23)c54. The molecule has 8 heteroatoms. The van der Waals surface area contributed by atoms with Crippen molar-refractivity contribution in [1.29, 1.82) is 0 Å². The first-order valence-corrected chi connectivity index (χ1v) is 14.4. The number of hydrogen-bond acceptors (Lipinski definition) is 4. The number of benzene rings is 5. The van der Waals surface area contributed by atoms with E-state index in [4.69, 9.17) is 11.5 Å². The molecule has 0 aliphatic rings. The van der Waals surface area contributed by atoms with Gasteiger partial charge in [0.2, 0.25) is 11.8 Å². The summed E-state index contributed by atoms with van der Waals surface area (Å²) >= 11 is 0. The zero-order valence-corrected chi connectivity index (χ0v) is 24.1. The first-order chi connectivity index (χ1) is 20.0. The average molecular weight is 567 g/mol. The average Bonchev–Trinajstić information content (AvgIpc) is 2.96. The van der Waals surface area contributed by atoms with Gasteiger partial charge in [0.25, 0.3) is 0 Å². The van der Waals surface area contributed by atoms with Crippen LogP contribution in [0.5, 0.6) is 0 Å². The van der Waals surface area contributed by atoms with Crippen molar-refractivity contribution in [2.75, 3.05) is 0 Å². The molecular weight excluding hydrogens is 532 g/mol. The van der Waals surface area contributed by atoms with Crippen molar-refractivity contribution in [1.82, 2.24) is 0 Å². The van der Waals surface area contributed by atoms with Gasteiger partial charge in [0.1, 0.15) is 0 Å². The number of carbonyl (C=O) groups excluding carboxylic acids is 2. The van der Waals surface area contributed by atoms with Crippen molar-refractivity contribution < 1.29 is 29.4 Å². The Labute approximate surface area is 242 Å². The zero-order chi connectivity index (χ0) is 30.6. The van der Waals surface area contributed by atoms with Crippen molar-refractivity contribution in [3.05, 3.63) is 69.8 Å². The molecule has 5 aromatic carbocycles. The number of amides is 2. The van der Waals surface area contributed by atoms with Crippen LogP contribution in [-0.2, 0) is 0 Å². The summed E-state index contributed by atoms with van der Waals surface area (Å²) in [6, 6.07) is 9.56. The Morgan fingerprint density at radius 2 is 1.00 bits per heavy atom. The maximum Gasteiger partial charge on any atom is 0.336 e. The molecule has 216 valence electrons. The van der Waals surface area contributed by atoms with Crippen molar-refractivity contribution in [2.24, 2.45) is 11.5 Å². The molecular formula is C34H34N2O6. The second-order valence-corrected chi connectivity index (χ2v) is 10.9. The number of fused-ring (bicyclic) bond motifs is 2. The molecule has 5 aromatic rings. The van der Waals surface area contributed by atoms with E-state index in [0.29, 0.717) is 50.7 Å². The van der Waals surface area contributed by atoms with Gasteiger partial charge in [-0.25, -0.2) is 9.59 Å². The lowest BCUT2D eigenvalue weighted by Gasteiger charge is -2.30. The van der Waals surface area contributed by atoms with Gasteiger partial charge in [-0.1, -0.05) is 45.9 Å². The van der Waals surface area contributed by atoms with Crippen molar-refractivity contribution >= 4 is 66.8 Å². The van der Waals surface area contributed by atoms with E-state index in [2.05, 4.69) is 13.8 Å². The van der Waals surface area contributed by atoms with E-state index in [9.17, 15) is 29.4 Å². The Morgan fingerprint density at radius 3 is 1.45 bits per heavy atom. The Hall–Kier alpha value is -4.72. The highest BCUT2D eigenvalue weighted by Crippen LogP contribution is 2.51. The van der Waals surface area contributed by atoms with Gasteiger partial charge in [0, 0.05) is 16.3 Å². The number of nitrogens with two attached hydrogens (primary N) is 2. The minimum atomic E-state index is -1.23. The van der Waals surface area contributed by atoms with Gasteiger partial charge in [-0.2, -0.15) is 0 Å². The first kappa shape index (κ1) is 28.8. The molecule has 0 unspecified atom stereocenters. The lowest BCUT2D eigenvalue weighted by Crippen LogP contribution is -2.22. The summed E-state index contributed by atoms with van der Waals surface area (Å²) in [7, 11) is 0. The molecule has 0 bridgehead atoms. The summed E-state index contributed by atoms with van der Waals surface area (Å²) in [5.41, 5.74) is 14.0. The van der Waals surface area contributed by atoms with E-state index in [0.717, 1.165) is 29.4 Å². The van der Waals surface area contributed by atoms with E-state index >= 15 is 0 Å². The molecule has 0 radical (unpaired) electrons. The fraction of sp³-hybridized carbons (Fsp3) is 0.294. The highest BCUT2D eigenvalue weighted by molar-refractivity contribution is 6.39. The maximum absolute atomic E-state index is 13.4. The molecule has 0 aliphatic heterocycles. The van der Waals surface area contributed by atoms with Gasteiger partial charge in [0.05, 0.1) is 16.7 Å². The molecule has 42 heavy (non-hydrogen) atoms. The zero-order valence-electron chi connectivity index (χ0n) is 24.1. The highest BCUT2D eigenvalue weighted by atomic mass is 16.4. The minimum absolute atomic E-state index is 0.00147. The second kappa shape index (κ2) is 10.6. The van der Waals surface area contributed by atoms with Crippen LogP contribution in [-0.4, -0.2) is 34.0 Å². The predicted octanol–water partition coefficient (Wildman–Crippen LogP) is 7.14. The quantitative estimate of drug-likeness (QED) is 0.104. The van der Waals surface area contributed by atoms with Gasteiger partial charge >= 0.3 is 11.9 Å². The molecule has 6 N–H and O–H groups in total. The normalized spacial score (nSPS) is 12.0. The number of hydrogen-bond donors (Lipinski definition) is 4. The van der Waals surface area contributed by atoms with Crippen molar-refractivity contribution in [2.45, 2.75) is 65.2 Å². The maximum atomic E-state index is 13.4. The summed E-state index contributed by atoms with van der Waals surface area (Å²) in [6.45, 7) is 8.25. The van der Waals surface area contributed by atoms with E-state index < -0.39 is 23.8 Å². The third-order valence-electron chi connectivity index (χ3n) is 9.01. The predicted molar refractivity (Wildman–Crippen MR) is 165 cm³/mol. The molecule has 0 spiro atoms. The largest absolute Gasteiger partial charge is 0.478 e. The lowest BCUT2D eigenvalue weighted by molar-refractivity contribution is 0.0695.